The highest BCUT2D eigenvalue weighted by Crippen LogP contribution is 2.27. The van der Waals surface area contributed by atoms with Crippen molar-refractivity contribution < 1.29 is 13.2 Å². The van der Waals surface area contributed by atoms with Crippen molar-refractivity contribution in [3.8, 4) is 0 Å². The molecule has 1 aliphatic heterocycles. The molecule has 6 nitrogen and oxygen atoms in total. The summed E-state index contributed by atoms with van der Waals surface area (Å²) in [5.74, 6) is -0.334. The molecule has 2 aromatic carbocycles. The molecule has 0 bridgehead atoms. The Labute approximate surface area is 196 Å². The van der Waals surface area contributed by atoms with Gasteiger partial charge in [-0.2, -0.15) is 0 Å². The highest BCUT2D eigenvalue weighted by molar-refractivity contribution is 7.92. The van der Waals surface area contributed by atoms with Gasteiger partial charge in [0, 0.05) is 18.1 Å². The normalized spacial score (nSPS) is 15.5. The first kappa shape index (κ1) is 24.6. The van der Waals surface area contributed by atoms with Gasteiger partial charge in [0.2, 0.25) is 15.9 Å². The number of sulfonamides is 1. The van der Waals surface area contributed by atoms with Crippen molar-refractivity contribution in [2.45, 2.75) is 52.2 Å². The molecule has 1 aliphatic rings. The predicted molar refractivity (Wildman–Crippen MR) is 130 cm³/mol. The number of hydrogen-bond acceptors (Lipinski definition) is 4. The van der Waals surface area contributed by atoms with E-state index in [4.69, 9.17) is 11.6 Å². The molecule has 0 aliphatic carbocycles. The van der Waals surface area contributed by atoms with E-state index in [0.29, 0.717) is 23.7 Å². The number of rotatable bonds is 9. The van der Waals surface area contributed by atoms with Crippen LogP contribution < -0.4 is 9.62 Å². The van der Waals surface area contributed by atoms with E-state index in [0.717, 1.165) is 41.3 Å². The minimum Gasteiger partial charge on any atom is -0.350 e. The average Bonchev–Trinajstić information content (AvgIpc) is 3.25. The standard InChI is InChI=1S/C24H32ClN3O3S/c1-4-23(28(32(3,30)31)21-11-10-18(2)22(25)15-21)24(29)26-16-19-8-7-9-20(14-19)17-27-12-5-6-13-27/h7-11,14-15,23H,4-6,12-13,16-17H2,1-3H3,(H,26,29)/t23-/m0/s1. The van der Waals surface area contributed by atoms with Crippen LogP contribution in [0.4, 0.5) is 5.69 Å². The largest absolute Gasteiger partial charge is 0.350 e. The zero-order valence-electron chi connectivity index (χ0n) is 19.0. The average molecular weight is 478 g/mol. The third kappa shape index (κ3) is 6.24. The van der Waals surface area contributed by atoms with Crippen molar-refractivity contribution in [1.29, 1.82) is 0 Å². The van der Waals surface area contributed by atoms with Crippen LogP contribution in [0.25, 0.3) is 0 Å². The number of nitrogens with one attached hydrogen (secondary N) is 1. The molecule has 32 heavy (non-hydrogen) atoms. The monoisotopic (exact) mass is 477 g/mol. The lowest BCUT2D eigenvalue weighted by molar-refractivity contribution is -0.122. The van der Waals surface area contributed by atoms with Crippen LogP contribution in [0, 0.1) is 6.92 Å². The van der Waals surface area contributed by atoms with E-state index in [1.165, 1.54) is 18.4 Å². The molecule has 1 N–H and O–H groups in total. The maximum absolute atomic E-state index is 13.1. The third-order valence-electron chi connectivity index (χ3n) is 5.80. The van der Waals surface area contributed by atoms with Gasteiger partial charge in [0.05, 0.1) is 11.9 Å². The molecular formula is C24H32ClN3O3S. The summed E-state index contributed by atoms with van der Waals surface area (Å²) >= 11 is 6.23. The Hall–Kier alpha value is -2.09. The highest BCUT2D eigenvalue weighted by atomic mass is 35.5. The number of aryl methyl sites for hydroxylation is 1. The number of anilines is 1. The zero-order chi connectivity index (χ0) is 23.3. The summed E-state index contributed by atoms with van der Waals surface area (Å²) < 4.78 is 26.4. The fourth-order valence-electron chi connectivity index (χ4n) is 4.12. The van der Waals surface area contributed by atoms with Gasteiger partial charge in [0.15, 0.2) is 0 Å². The van der Waals surface area contributed by atoms with Gasteiger partial charge in [0.1, 0.15) is 6.04 Å². The second-order valence-electron chi connectivity index (χ2n) is 8.44. The Bertz CT molecular complexity index is 1050. The Morgan fingerprint density at radius 2 is 1.84 bits per heavy atom. The number of amides is 1. The molecule has 0 unspecified atom stereocenters. The van der Waals surface area contributed by atoms with Crippen molar-refractivity contribution in [2.75, 3.05) is 23.7 Å². The van der Waals surface area contributed by atoms with Crippen molar-refractivity contribution in [2.24, 2.45) is 0 Å². The molecule has 0 spiro atoms. The van der Waals surface area contributed by atoms with E-state index in [1.807, 2.05) is 19.1 Å². The third-order valence-corrected chi connectivity index (χ3v) is 7.39. The van der Waals surface area contributed by atoms with Gasteiger partial charge in [-0.05, 0) is 68.1 Å². The van der Waals surface area contributed by atoms with Gasteiger partial charge in [0.25, 0.3) is 0 Å². The first-order chi connectivity index (χ1) is 15.2. The first-order valence-corrected chi connectivity index (χ1v) is 13.2. The van der Waals surface area contributed by atoms with Crippen molar-refractivity contribution in [1.82, 2.24) is 10.2 Å². The Kier molecular flexibility index (Phi) is 8.20. The molecule has 2 aromatic rings. The maximum Gasteiger partial charge on any atom is 0.244 e. The van der Waals surface area contributed by atoms with E-state index in [-0.39, 0.29) is 5.91 Å². The van der Waals surface area contributed by atoms with Gasteiger partial charge in [-0.1, -0.05) is 48.9 Å². The molecule has 1 fully saturated rings. The highest BCUT2D eigenvalue weighted by Gasteiger charge is 2.31. The van der Waals surface area contributed by atoms with E-state index in [9.17, 15) is 13.2 Å². The summed E-state index contributed by atoms with van der Waals surface area (Å²) in [6, 6.07) is 12.3. The summed E-state index contributed by atoms with van der Waals surface area (Å²) in [6.45, 7) is 7.16. The molecule has 174 valence electrons. The molecule has 0 saturated carbocycles. The fourth-order valence-corrected chi connectivity index (χ4v) is 5.50. The zero-order valence-corrected chi connectivity index (χ0v) is 20.5. The molecule has 3 rings (SSSR count). The second kappa shape index (κ2) is 10.7. The minimum absolute atomic E-state index is 0.333. The van der Waals surface area contributed by atoms with Crippen molar-refractivity contribution >= 4 is 33.2 Å². The second-order valence-corrected chi connectivity index (χ2v) is 10.7. The van der Waals surface area contributed by atoms with Crippen LogP contribution in [0.2, 0.25) is 5.02 Å². The van der Waals surface area contributed by atoms with E-state index in [2.05, 4.69) is 22.3 Å². The Morgan fingerprint density at radius 3 is 2.47 bits per heavy atom. The van der Waals surface area contributed by atoms with Gasteiger partial charge in [-0.15, -0.1) is 0 Å². The number of halogens is 1. The minimum atomic E-state index is -3.70. The van der Waals surface area contributed by atoms with Crippen molar-refractivity contribution in [3.05, 3.63) is 64.2 Å². The quantitative estimate of drug-likeness (QED) is 0.590. The first-order valence-electron chi connectivity index (χ1n) is 11.0. The van der Waals surface area contributed by atoms with Crippen molar-refractivity contribution in [3.63, 3.8) is 0 Å². The lowest BCUT2D eigenvalue weighted by Crippen LogP contribution is -2.49. The maximum atomic E-state index is 13.1. The molecule has 1 heterocycles. The molecular weight excluding hydrogens is 446 g/mol. The summed E-state index contributed by atoms with van der Waals surface area (Å²) in [5, 5.41) is 3.39. The van der Waals surface area contributed by atoms with Gasteiger partial charge >= 0.3 is 0 Å². The van der Waals surface area contributed by atoms with Crippen LogP contribution in [0.1, 0.15) is 42.9 Å². The lowest BCUT2D eigenvalue weighted by Gasteiger charge is -2.30. The van der Waals surface area contributed by atoms with Gasteiger partial charge < -0.3 is 5.32 Å². The van der Waals surface area contributed by atoms with Crippen LogP contribution in [-0.4, -0.2) is 44.6 Å². The SMILES string of the molecule is CC[C@@H](C(=O)NCc1cccc(CN2CCCC2)c1)N(c1ccc(C)c(Cl)c1)S(C)(=O)=O. The number of hydrogen-bond donors (Lipinski definition) is 1. The van der Waals surface area contributed by atoms with Gasteiger partial charge in [-0.25, -0.2) is 8.42 Å². The molecule has 1 amide bonds. The number of benzene rings is 2. The molecule has 0 aromatic heterocycles. The summed E-state index contributed by atoms with van der Waals surface area (Å²) in [6.07, 6.45) is 3.94. The van der Waals surface area contributed by atoms with Gasteiger partial charge in [-0.3, -0.25) is 14.0 Å². The Morgan fingerprint density at radius 1 is 1.16 bits per heavy atom. The molecule has 1 atom stereocenters. The number of carbonyl (C=O) groups excluding carboxylic acids is 1. The number of carbonyl (C=O) groups is 1. The summed E-state index contributed by atoms with van der Waals surface area (Å²) in [7, 11) is -3.70. The van der Waals surface area contributed by atoms with Crippen LogP contribution in [0.5, 0.6) is 0 Å². The molecule has 1 saturated heterocycles. The summed E-state index contributed by atoms with van der Waals surface area (Å²) in [4.78, 5) is 15.5. The van der Waals surface area contributed by atoms with E-state index in [1.54, 1.807) is 25.1 Å². The van der Waals surface area contributed by atoms with Crippen LogP contribution in [-0.2, 0) is 27.9 Å². The van der Waals surface area contributed by atoms with E-state index < -0.39 is 16.1 Å². The molecule has 8 heteroatoms. The van der Waals surface area contributed by atoms with Crippen LogP contribution in [0.3, 0.4) is 0 Å². The smallest absolute Gasteiger partial charge is 0.244 e. The number of nitrogens with zero attached hydrogens (tertiary/aromatic N) is 2. The number of likely N-dealkylation sites (tertiary alicyclic amines) is 1. The Balaban J connectivity index is 1.73. The van der Waals surface area contributed by atoms with Crippen LogP contribution >= 0.6 is 11.6 Å². The fraction of sp³-hybridized carbons (Fsp3) is 0.458. The van der Waals surface area contributed by atoms with Crippen LogP contribution in [0.15, 0.2) is 42.5 Å². The summed E-state index contributed by atoms with van der Waals surface area (Å²) in [5.41, 5.74) is 3.44. The molecule has 0 radical (unpaired) electrons. The van der Waals surface area contributed by atoms with E-state index >= 15 is 0 Å². The topological polar surface area (TPSA) is 69.7 Å². The predicted octanol–water partition coefficient (Wildman–Crippen LogP) is 4.11. The lowest BCUT2D eigenvalue weighted by atomic mass is 10.1.